The van der Waals surface area contributed by atoms with Gasteiger partial charge in [0.2, 0.25) is 0 Å². The van der Waals surface area contributed by atoms with E-state index in [2.05, 4.69) is 9.97 Å². The molecule has 1 N–H and O–H groups in total. The van der Waals surface area contributed by atoms with Gasteiger partial charge in [-0.15, -0.1) is 0 Å². The first kappa shape index (κ1) is 13.0. The van der Waals surface area contributed by atoms with Crippen LogP contribution in [-0.4, -0.2) is 33.1 Å². The van der Waals surface area contributed by atoms with Gasteiger partial charge in [0.15, 0.2) is 0 Å². The monoisotopic (exact) mass is 240 g/mol. The van der Waals surface area contributed by atoms with E-state index in [1.807, 2.05) is 13.2 Å². The zero-order valence-electron chi connectivity index (χ0n) is 9.56. The van der Waals surface area contributed by atoms with Crippen molar-refractivity contribution >= 4 is 17.7 Å². The van der Waals surface area contributed by atoms with Crippen LogP contribution in [0.3, 0.4) is 0 Å². The summed E-state index contributed by atoms with van der Waals surface area (Å²) in [6.45, 7) is 2.01. The van der Waals surface area contributed by atoms with Crippen LogP contribution in [-0.2, 0) is 12.8 Å². The molecule has 0 unspecified atom stereocenters. The van der Waals surface area contributed by atoms with Gasteiger partial charge in [-0.25, -0.2) is 14.8 Å². The maximum absolute atomic E-state index is 10.9. The van der Waals surface area contributed by atoms with Crippen molar-refractivity contribution in [1.29, 1.82) is 0 Å². The van der Waals surface area contributed by atoms with Crippen LogP contribution in [0.15, 0.2) is 6.20 Å². The number of rotatable bonds is 6. The predicted octanol–water partition coefficient (Wildman–Crippen LogP) is 2.03. The lowest BCUT2D eigenvalue weighted by Gasteiger charge is -2.05. The van der Waals surface area contributed by atoms with Crippen LogP contribution < -0.4 is 0 Å². The van der Waals surface area contributed by atoms with Crippen molar-refractivity contribution in [2.24, 2.45) is 0 Å². The second-order valence-corrected chi connectivity index (χ2v) is 4.43. The minimum Gasteiger partial charge on any atom is -0.478 e. The number of thioether (sulfide) groups is 1. The Morgan fingerprint density at radius 3 is 2.81 bits per heavy atom. The maximum Gasteiger partial charge on any atom is 0.339 e. The first-order valence-electron chi connectivity index (χ1n) is 5.26. The van der Waals surface area contributed by atoms with Crippen LogP contribution in [0, 0.1) is 0 Å². The molecule has 88 valence electrons. The van der Waals surface area contributed by atoms with Crippen molar-refractivity contribution in [1.82, 2.24) is 9.97 Å². The molecule has 16 heavy (non-hydrogen) atoms. The second kappa shape index (κ2) is 6.48. The largest absolute Gasteiger partial charge is 0.478 e. The van der Waals surface area contributed by atoms with Gasteiger partial charge in [-0.3, -0.25) is 0 Å². The predicted molar refractivity (Wildman–Crippen MR) is 65.1 cm³/mol. The maximum atomic E-state index is 10.9. The van der Waals surface area contributed by atoms with Crippen LogP contribution >= 0.6 is 11.8 Å². The van der Waals surface area contributed by atoms with E-state index in [1.165, 1.54) is 6.20 Å². The zero-order chi connectivity index (χ0) is 12.0. The lowest BCUT2D eigenvalue weighted by Crippen LogP contribution is -2.09. The third-order valence-corrected chi connectivity index (χ3v) is 2.78. The van der Waals surface area contributed by atoms with Crippen molar-refractivity contribution in [3.8, 4) is 0 Å². The number of nitrogens with zero attached hydrogens (tertiary/aromatic N) is 2. The van der Waals surface area contributed by atoms with Crippen LogP contribution in [0.1, 0.15) is 35.2 Å². The first-order chi connectivity index (χ1) is 7.69. The Morgan fingerprint density at radius 1 is 1.50 bits per heavy atom. The molecule has 0 spiro atoms. The molecule has 0 saturated heterocycles. The highest BCUT2D eigenvalue weighted by molar-refractivity contribution is 7.98. The molecule has 1 aromatic heterocycles. The fourth-order valence-corrected chi connectivity index (χ4v) is 1.76. The number of aryl methyl sites for hydroxylation is 2. The molecule has 1 rings (SSSR count). The Balaban J connectivity index is 2.92. The van der Waals surface area contributed by atoms with Crippen LogP contribution in [0.4, 0.5) is 0 Å². The molecule has 5 heteroatoms. The summed E-state index contributed by atoms with van der Waals surface area (Å²) in [5.74, 6) is 0.750. The quantitative estimate of drug-likeness (QED) is 0.824. The third-order valence-electron chi connectivity index (χ3n) is 2.16. The standard InChI is InChI=1S/C11H16N2O2S/c1-3-4-9-8(11(14)15)7-12-10(13-9)5-6-16-2/h7H,3-6H2,1-2H3,(H,14,15). The smallest absolute Gasteiger partial charge is 0.339 e. The molecule has 0 bridgehead atoms. The minimum absolute atomic E-state index is 0.231. The van der Waals surface area contributed by atoms with E-state index in [-0.39, 0.29) is 5.56 Å². The highest BCUT2D eigenvalue weighted by atomic mass is 32.2. The SMILES string of the molecule is CCCc1nc(CCSC)ncc1C(=O)O. The van der Waals surface area contributed by atoms with E-state index in [0.29, 0.717) is 12.1 Å². The first-order valence-corrected chi connectivity index (χ1v) is 6.65. The third kappa shape index (κ3) is 3.48. The number of hydrogen-bond donors (Lipinski definition) is 1. The molecule has 0 saturated carbocycles. The average Bonchev–Trinajstić information content (AvgIpc) is 2.26. The van der Waals surface area contributed by atoms with E-state index in [9.17, 15) is 4.79 Å². The zero-order valence-corrected chi connectivity index (χ0v) is 10.4. The summed E-state index contributed by atoms with van der Waals surface area (Å²) >= 11 is 1.73. The number of aromatic carboxylic acids is 1. The van der Waals surface area contributed by atoms with E-state index in [0.717, 1.165) is 24.4 Å². The van der Waals surface area contributed by atoms with Gasteiger partial charge in [0, 0.05) is 18.4 Å². The van der Waals surface area contributed by atoms with Gasteiger partial charge < -0.3 is 5.11 Å². The Morgan fingerprint density at radius 2 is 2.25 bits per heavy atom. The minimum atomic E-state index is -0.945. The van der Waals surface area contributed by atoms with Crippen LogP contribution in [0.5, 0.6) is 0 Å². The molecule has 0 fully saturated rings. The number of carbonyl (C=O) groups is 1. The Labute approximate surface area is 99.5 Å². The average molecular weight is 240 g/mol. The summed E-state index contributed by atoms with van der Waals surface area (Å²) in [6.07, 6.45) is 5.82. The van der Waals surface area contributed by atoms with Gasteiger partial charge in [-0.05, 0) is 12.7 Å². The van der Waals surface area contributed by atoms with Crippen LogP contribution in [0.25, 0.3) is 0 Å². The summed E-state index contributed by atoms with van der Waals surface area (Å²) in [6, 6.07) is 0. The fourth-order valence-electron chi connectivity index (χ4n) is 1.38. The van der Waals surface area contributed by atoms with Crippen molar-refractivity contribution < 1.29 is 9.90 Å². The van der Waals surface area contributed by atoms with Gasteiger partial charge in [0.25, 0.3) is 0 Å². The van der Waals surface area contributed by atoms with E-state index >= 15 is 0 Å². The normalized spacial score (nSPS) is 10.4. The second-order valence-electron chi connectivity index (χ2n) is 3.44. The van der Waals surface area contributed by atoms with Crippen LogP contribution in [0.2, 0.25) is 0 Å². The lowest BCUT2D eigenvalue weighted by atomic mass is 10.1. The molecule has 0 radical (unpaired) electrons. The molecule has 0 aliphatic rings. The summed E-state index contributed by atoms with van der Waals surface area (Å²) in [4.78, 5) is 19.3. The van der Waals surface area contributed by atoms with Gasteiger partial charge in [0.05, 0.1) is 11.3 Å². The fraction of sp³-hybridized carbons (Fsp3) is 0.545. The lowest BCUT2D eigenvalue weighted by molar-refractivity contribution is 0.0694. The molecular weight excluding hydrogens is 224 g/mol. The Kier molecular flexibility index (Phi) is 5.25. The van der Waals surface area contributed by atoms with Crippen molar-refractivity contribution in [2.45, 2.75) is 26.2 Å². The van der Waals surface area contributed by atoms with Crippen molar-refractivity contribution in [3.63, 3.8) is 0 Å². The highest BCUT2D eigenvalue weighted by Gasteiger charge is 2.12. The number of hydrogen-bond acceptors (Lipinski definition) is 4. The molecule has 4 nitrogen and oxygen atoms in total. The van der Waals surface area contributed by atoms with Gasteiger partial charge in [-0.2, -0.15) is 11.8 Å². The summed E-state index contributed by atoms with van der Waals surface area (Å²) in [7, 11) is 0. The van der Waals surface area contributed by atoms with E-state index < -0.39 is 5.97 Å². The number of carboxylic acid groups (broad SMARTS) is 1. The summed E-state index contributed by atoms with van der Waals surface area (Å²) in [5.41, 5.74) is 0.885. The Bertz CT molecular complexity index is 369. The molecule has 0 aromatic carbocycles. The van der Waals surface area contributed by atoms with Crippen molar-refractivity contribution in [2.75, 3.05) is 12.0 Å². The summed E-state index contributed by atoms with van der Waals surface area (Å²) in [5, 5.41) is 8.98. The van der Waals surface area contributed by atoms with Crippen molar-refractivity contribution in [3.05, 3.63) is 23.3 Å². The topological polar surface area (TPSA) is 63.1 Å². The summed E-state index contributed by atoms with van der Waals surface area (Å²) < 4.78 is 0. The Hall–Kier alpha value is -1.10. The number of carboxylic acids is 1. The molecule has 0 atom stereocenters. The molecule has 0 aliphatic carbocycles. The van der Waals surface area contributed by atoms with E-state index in [1.54, 1.807) is 11.8 Å². The molecule has 1 aromatic rings. The molecule has 1 heterocycles. The van der Waals surface area contributed by atoms with Gasteiger partial charge in [0.1, 0.15) is 5.82 Å². The van der Waals surface area contributed by atoms with E-state index in [4.69, 9.17) is 5.11 Å². The molecule has 0 amide bonds. The number of aromatic nitrogens is 2. The van der Waals surface area contributed by atoms with Gasteiger partial charge in [-0.1, -0.05) is 13.3 Å². The highest BCUT2D eigenvalue weighted by Crippen LogP contribution is 2.09. The van der Waals surface area contributed by atoms with Gasteiger partial charge >= 0.3 is 5.97 Å². The molecule has 0 aliphatic heterocycles. The molecular formula is C11H16N2O2S.